The maximum Gasteiger partial charge on any atom is 0.275 e. The van der Waals surface area contributed by atoms with Gasteiger partial charge in [0, 0.05) is 17.1 Å². The van der Waals surface area contributed by atoms with Gasteiger partial charge in [-0.05, 0) is 32.9 Å². The highest BCUT2D eigenvalue weighted by Gasteiger charge is 2.17. The molecule has 1 amide bonds. The first kappa shape index (κ1) is 16.3. The van der Waals surface area contributed by atoms with Crippen LogP contribution in [0.2, 0.25) is 0 Å². The molecular formula is C17H17FN4OS. The maximum absolute atomic E-state index is 13.8. The van der Waals surface area contributed by atoms with Crippen LogP contribution in [0.5, 0.6) is 0 Å². The van der Waals surface area contributed by atoms with E-state index >= 15 is 0 Å². The molecule has 1 aromatic carbocycles. The molecule has 2 heterocycles. The van der Waals surface area contributed by atoms with Crippen LogP contribution in [-0.2, 0) is 5.54 Å². The monoisotopic (exact) mass is 344 g/mol. The van der Waals surface area contributed by atoms with Gasteiger partial charge in [0.25, 0.3) is 5.91 Å². The van der Waals surface area contributed by atoms with Crippen molar-refractivity contribution < 1.29 is 9.18 Å². The van der Waals surface area contributed by atoms with Crippen molar-refractivity contribution in [3.63, 3.8) is 0 Å². The van der Waals surface area contributed by atoms with E-state index in [0.29, 0.717) is 16.3 Å². The molecule has 0 saturated heterocycles. The lowest BCUT2D eigenvalue weighted by Gasteiger charge is -2.18. The summed E-state index contributed by atoms with van der Waals surface area (Å²) in [5.41, 5.74) is 1.07. The molecule has 0 aliphatic carbocycles. The third-order valence-electron chi connectivity index (χ3n) is 3.37. The molecule has 3 rings (SSSR count). The Labute approximate surface area is 143 Å². The van der Waals surface area contributed by atoms with Crippen LogP contribution < -0.4 is 5.32 Å². The largest absolute Gasteiger partial charge is 0.318 e. The molecule has 124 valence electrons. The average Bonchev–Trinajstić information content (AvgIpc) is 3.16. The van der Waals surface area contributed by atoms with Gasteiger partial charge in [-0.1, -0.05) is 12.1 Å². The minimum atomic E-state index is -0.356. The minimum Gasteiger partial charge on any atom is -0.318 e. The van der Waals surface area contributed by atoms with Gasteiger partial charge in [-0.3, -0.25) is 9.48 Å². The molecule has 0 fully saturated rings. The number of thiazole rings is 1. The van der Waals surface area contributed by atoms with Gasteiger partial charge in [0.2, 0.25) is 0 Å². The molecule has 0 unspecified atom stereocenters. The van der Waals surface area contributed by atoms with Crippen LogP contribution in [0, 0.1) is 5.82 Å². The molecule has 0 aliphatic rings. The number of anilines is 1. The summed E-state index contributed by atoms with van der Waals surface area (Å²) in [4.78, 5) is 16.5. The first-order valence-corrected chi connectivity index (χ1v) is 8.29. The van der Waals surface area contributed by atoms with Crippen LogP contribution in [0.4, 0.5) is 10.1 Å². The lowest BCUT2D eigenvalue weighted by atomic mass is 10.1. The van der Waals surface area contributed by atoms with Gasteiger partial charge in [0.1, 0.15) is 16.5 Å². The number of hydrogen-bond donors (Lipinski definition) is 1. The van der Waals surface area contributed by atoms with Gasteiger partial charge >= 0.3 is 0 Å². The van der Waals surface area contributed by atoms with Crippen molar-refractivity contribution in [2.45, 2.75) is 26.3 Å². The third-order valence-corrected chi connectivity index (χ3v) is 4.24. The molecule has 24 heavy (non-hydrogen) atoms. The molecule has 3 aromatic rings. The van der Waals surface area contributed by atoms with Crippen molar-refractivity contribution in [3.8, 4) is 10.6 Å². The van der Waals surface area contributed by atoms with Gasteiger partial charge in [0.05, 0.1) is 17.4 Å². The van der Waals surface area contributed by atoms with Gasteiger partial charge in [-0.25, -0.2) is 9.37 Å². The second-order valence-electron chi connectivity index (χ2n) is 6.32. The van der Waals surface area contributed by atoms with Gasteiger partial charge < -0.3 is 5.32 Å². The third kappa shape index (κ3) is 3.35. The summed E-state index contributed by atoms with van der Waals surface area (Å²) >= 11 is 1.23. The number of carbonyl (C=O) groups excluding carboxylic acids is 1. The number of aromatic nitrogens is 3. The Kier molecular flexibility index (Phi) is 4.19. The lowest BCUT2D eigenvalue weighted by Crippen LogP contribution is -2.22. The predicted octanol–water partition coefficient (Wildman–Crippen LogP) is 4.15. The Balaban J connectivity index is 1.77. The van der Waals surface area contributed by atoms with Crippen molar-refractivity contribution in [3.05, 3.63) is 53.6 Å². The molecule has 1 N–H and O–H groups in total. The summed E-state index contributed by atoms with van der Waals surface area (Å²) in [6.45, 7) is 6.06. The van der Waals surface area contributed by atoms with Crippen LogP contribution >= 0.6 is 11.3 Å². The van der Waals surface area contributed by atoms with E-state index in [9.17, 15) is 9.18 Å². The van der Waals surface area contributed by atoms with Crippen molar-refractivity contribution >= 4 is 22.9 Å². The van der Waals surface area contributed by atoms with Crippen LogP contribution in [-0.4, -0.2) is 20.7 Å². The van der Waals surface area contributed by atoms with Crippen LogP contribution in [0.1, 0.15) is 31.3 Å². The fourth-order valence-electron chi connectivity index (χ4n) is 2.09. The molecule has 5 nitrogen and oxygen atoms in total. The highest BCUT2D eigenvalue weighted by atomic mass is 32.1. The predicted molar refractivity (Wildman–Crippen MR) is 92.7 cm³/mol. The SMILES string of the molecule is CC(C)(C)n1cc(NC(=O)c2csc(-c3ccccc3F)n2)cn1. The topological polar surface area (TPSA) is 59.8 Å². The number of nitrogens with zero attached hydrogens (tertiary/aromatic N) is 3. The van der Waals surface area contributed by atoms with Crippen LogP contribution in [0.3, 0.4) is 0 Å². The molecule has 0 atom stereocenters. The van der Waals surface area contributed by atoms with Crippen LogP contribution in [0.25, 0.3) is 10.6 Å². The van der Waals surface area contributed by atoms with E-state index in [-0.39, 0.29) is 23.0 Å². The van der Waals surface area contributed by atoms with E-state index < -0.39 is 0 Å². The summed E-state index contributed by atoms with van der Waals surface area (Å²) in [6.07, 6.45) is 3.36. The zero-order valence-electron chi connectivity index (χ0n) is 13.6. The fraction of sp³-hybridized carbons (Fsp3) is 0.235. The van der Waals surface area contributed by atoms with Crippen molar-refractivity contribution in [1.29, 1.82) is 0 Å². The Hall–Kier alpha value is -2.54. The minimum absolute atomic E-state index is 0.165. The van der Waals surface area contributed by atoms with E-state index in [1.54, 1.807) is 40.7 Å². The van der Waals surface area contributed by atoms with E-state index in [0.717, 1.165) is 0 Å². The second-order valence-corrected chi connectivity index (χ2v) is 7.17. The summed E-state index contributed by atoms with van der Waals surface area (Å²) in [5.74, 6) is -0.701. The first-order valence-electron chi connectivity index (χ1n) is 7.41. The first-order chi connectivity index (χ1) is 11.3. The Bertz CT molecular complexity index is 879. The number of amides is 1. The molecule has 7 heteroatoms. The average molecular weight is 344 g/mol. The number of rotatable bonds is 3. The van der Waals surface area contributed by atoms with Crippen molar-refractivity contribution in [1.82, 2.24) is 14.8 Å². The number of halogens is 1. The second kappa shape index (κ2) is 6.16. The maximum atomic E-state index is 13.8. The lowest BCUT2D eigenvalue weighted by molar-refractivity contribution is 0.102. The van der Waals surface area contributed by atoms with Gasteiger partial charge in [0.15, 0.2) is 0 Å². The molecule has 0 saturated carbocycles. The highest BCUT2D eigenvalue weighted by molar-refractivity contribution is 7.13. The zero-order chi connectivity index (χ0) is 17.3. The smallest absolute Gasteiger partial charge is 0.275 e. The molecule has 0 radical (unpaired) electrons. The zero-order valence-corrected chi connectivity index (χ0v) is 14.4. The number of nitrogens with one attached hydrogen (secondary N) is 1. The normalized spacial score (nSPS) is 11.5. The van der Waals surface area contributed by atoms with E-state index in [2.05, 4.69) is 15.4 Å². The highest BCUT2D eigenvalue weighted by Crippen LogP contribution is 2.26. The van der Waals surface area contributed by atoms with Gasteiger partial charge in [-0.15, -0.1) is 11.3 Å². The van der Waals surface area contributed by atoms with Crippen molar-refractivity contribution in [2.24, 2.45) is 0 Å². The molecule has 2 aromatic heterocycles. The van der Waals surface area contributed by atoms with E-state index in [1.165, 1.54) is 17.4 Å². The number of carbonyl (C=O) groups is 1. The molecule has 0 aliphatic heterocycles. The standard InChI is InChI=1S/C17H17FN4OS/c1-17(2,3)22-9-11(8-19-22)20-15(23)14-10-24-16(21-14)12-6-4-5-7-13(12)18/h4-10H,1-3H3,(H,20,23). The van der Waals surface area contributed by atoms with E-state index in [4.69, 9.17) is 0 Å². The quantitative estimate of drug-likeness (QED) is 0.776. The number of benzene rings is 1. The summed E-state index contributed by atoms with van der Waals surface area (Å²) in [6, 6.07) is 6.37. The Morgan fingerprint density at radius 1 is 1.29 bits per heavy atom. The van der Waals surface area contributed by atoms with E-state index in [1.807, 2.05) is 20.8 Å². The molecular weight excluding hydrogens is 327 g/mol. The summed E-state index contributed by atoms with van der Waals surface area (Å²) < 4.78 is 15.6. The number of hydrogen-bond acceptors (Lipinski definition) is 4. The Morgan fingerprint density at radius 3 is 2.71 bits per heavy atom. The summed E-state index contributed by atoms with van der Waals surface area (Å²) in [7, 11) is 0. The van der Waals surface area contributed by atoms with Crippen molar-refractivity contribution in [2.75, 3.05) is 5.32 Å². The Morgan fingerprint density at radius 2 is 2.04 bits per heavy atom. The fourth-order valence-corrected chi connectivity index (χ4v) is 2.91. The van der Waals surface area contributed by atoms with Gasteiger partial charge in [-0.2, -0.15) is 5.10 Å². The summed E-state index contributed by atoms with van der Waals surface area (Å²) in [5, 5.41) is 9.08. The molecule has 0 bridgehead atoms. The molecule has 0 spiro atoms. The van der Waals surface area contributed by atoms with Crippen LogP contribution in [0.15, 0.2) is 42.0 Å².